The van der Waals surface area contributed by atoms with Crippen molar-refractivity contribution < 1.29 is 0 Å². The van der Waals surface area contributed by atoms with E-state index < -0.39 is 0 Å². The predicted molar refractivity (Wildman–Crippen MR) is 72.6 cm³/mol. The van der Waals surface area contributed by atoms with Gasteiger partial charge in [0.05, 0.1) is 0 Å². The first-order valence-corrected chi connectivity index (χ1v) is 7.30. The first kappa shape index (κ1) is 14.0. The van der Waals surface area contributed by atoms with E-state index in [2.05, 4.69) is 39.9 Å². The van der Waals surface area contributed by atoms with Gasteiger partial charge in [0, 0.05) is 12.1 Å². The highest BCUT2D eigenvalue weighted by molar-refractivity contribution is 4.85. The Morgan fingerprint density at radius 1 is 1.19 bits per heavy atom. The Kier molecular flexibility index (Phi) is 5.82. The molecule has 4 unspecified atom stereocenters. The van der Waals surface area contributed by atoms with Gasteiger partial charge in [-0.05, 0) is 50.4 Å². The van der Waals surface area contributed by atoms with Crippen molar-refractivity contribution in [1.29, 1.82) is 0 Å². The average molecular weight is 225 g/mol. The molecule has 0 heterocycles. The molecular weight excluding hydrogens is 194 g/mol. The molecule has 0 aromatic carbocycles. The molecule has 0 aliphatic heterocycles. The van der Waals surface area contributed by atoms with Crippen molar-refractivity contribution in [3.05, 3.63) is 0 Å². The Labute approximate surface area is 102 Å². The molecule has 1 N–H and O–H groups in total. The summed E-state index contributed by atoms with van der Waals surface area (Å²) in [6.07, 6.45) is 6.86. The summed E-state index contributed by atoms with van der Waals surface area (Å²) in [5.74, 6) is 2.68. The van der Waals surface area contributed by atoms with Gasteiger partial charge in [-0.2, -0.15) is 0 Å². The summed E-state index contributed by atoms with van der Waals surface area (Å²) in [7, 11) is 0. The van der Waals surface area contributed by atoms with E-state index >= 15 is 0 Å². The van der Waals surface area contributed by atoms with Gasteiger partial charge in [0.15, 0.2) is 0 Å². The molecule has 0 aromatic heterocycles. The van der Waals surface area contributed by atoms with Crippen LogP contribution in [0.15, 0.2) is 0 Å². The Hall–Kier alpha value is -0.0400. The fourth-order valence-corrected chi connectivity index (χ4v) is 3.07. The van der Waals surface area contributed by atoms with Crippen LogP contribution in [0.25, 0.3) is 0 Å². The van der Waals surface area contributed by atoms with E-state index in [4.69, 9.17) is 0 Å². The summed E-state index contributed by atoms with van der Waals surface area (Å²) in [5.41, 5.74) is 0. The highest BCUT2D eigenvalue weighted by Crippen LogP contribution is 2.33. The molecule has 1 rings (SSSR count). The minimum absolute atomic E-state index is 0.698. The van der Waals surface area contributed by atoms with Gasteiger partial charge in [-0.15, -0.1) is 0 Å². The molecular formula is C15H31N. The maximum atomic E-state index is 3.85. The molecule has 0 saturated heterocycles. The topological polar surface area (TPSA) is 12.0 Å². The van der Waals surface area contributed by atoms with Crippen LogP contribution in [0.1, 0.15) is 66.7 Å². The number of rotatable bonds is 5. The van der Waals surface area contributed by atoms with E-state index in [1.54, 1.807) is 0 Å². The zero-order valence-electron chi connectivity index (χ0n) is 11.9. The Morgan fingerprint density at radius 2 is 1.88 bits per heavy atom. The summed E-state index contributed by atoms with van der Waals surface area (Å²) in [6.45, 7) is 11.8. The molecule has 0 bridgehead atoms. The first-order chi connectivity index (χ1) is 7.54. The van der Waals surface area contributed by atoms with Crippen LogP contribution in [0.3, 0.4) is 0 Å². The third kappa shape index (κ3) is 4.08. The van der Waals surface area contributed by atoms with Crippen LogP contribution in [0, 0.1) is 17.8 Å². The lowest BCUT2D eigenvalue weighted by molar-refractivity contribution is 0.170. The maximum Gasteiger partial charge on any atom is 0.00979 e. The van der Waals surface area contributed by atoms with Gasteiger partial charge in [-0.1, -0.05) is 34.1 Å². The fourth-order valence-electron chi connectivity index (χ4n) is 3.07. The predicted octanol–water partition coefficient (Wildman–Crippen LogP) is 4.23. The monoisotopic (exact) mass is 225 g/mol. The fraction of sp³-hybridized carbons (Fsp3) is 1.00. The van der Waals surface area contributed by atoms with Gasteiger partial charge >= 0.3 is 0 Å². The lowest BCUT2D eigenvalue weighted by Crippen LogP contribution is -2.44. The average Bonchev–Trinajstić information content (AvgIpc) is 2.21. The summed E-state index contributed by atoms with van der Waals surface area (Å²) in [6, 6.07) is 1.46. The standard InChI is InChI=1S/C15H31N/c1-6-7-13(5)16-15-10-14(11(2)3)9-8-12(15)4/h11-16H,6-10H2,1-5H3. The second-order valence-corrected chi connectivity index (χ2v) is 6.26. The van der Waals surface area contributed by atoms with Crippen molar-refractivity contribution in [2.45, 2.75) is 78.8 Å². The van der Waals surface area contributed by atoms with Crippen LogP contribution in [-0.2, 0) is 0 Å². The zero-order chi connectivity index (χ0) is 12.1. The smallest absolute Gasteiger partial charge is 0.00979 e. The van der Waals surface area contributed by atoms with Crippen LogP contribution < -0.4 is 5.32 Å². The summed E-state index contributed by atoms with van der Waals surface area (Å²) >= 11 is 0. The van der Waals surface area contributed by atoms with E-state index in [1.807, 2.05) is 0 Å². The Bertz CT molecular complexity index is 188. The molecule has 0 spiro atoms. The van der Waals surface area contributed by atoms with Gasteiger partial charge in [0.1, 0.15) is 0 Å². The first-order valence-electron chi connectivity index (χ1n) is 7.30. The maximum absolute atomic E-state index is 3.85. The second kappa shape index (κ2) is 6.64. The third-order valence-electron chi connectivity index (χ3n) is 4.40. The number of hydrogen-bond donors (Lipinski definition) is 1. The third-order valence-corrected chi connectivity index (χ3v) is 4.40. The molecule has 1 saturated carbocycles. The van der Waals surface area contributed by atoms with E-state index in [-0.39, 0.29) is 0 Å². The van der Waals surface area contributed by atoms with Crippen LogP contribution in [0.4, 0.5) is 0 Å². The summed E-state index contributed by atoms with van der Waals surface area (Å²) < 4.78 is 0. The highest BCUT2D eigenvalue weighted by atomic mass is 15.0. The van der Waals surface area contributed by atoms with E-state index in [0.717, 1.165) is 23.8 Å². The van der Waals surface area contributed by atoms with Crippen LogP contribution in [0.5, 0.6) is 0 Å². The number of nitrogens with one attached hydrogen (secondary N) is 1. The summed E-state index contributed by atoms with van der Waals surface area (Å²) in [5, 5.41) is 3.85. The molecule has 0 amide bonds. The molecule has 0 aromatic rings. The molecule has 1 fully saturated rings. The van der Waals surface area contributed by atoms with Gasteiger partial charge in [-0.3, -0.25) is 0 Å². The Morgan fingerprint density at radius 3 is 2.44 bits per heavy atom. The molecule has 1 heteroatoms. The minimum Gasteiger partial charge on any atom is -0.311 e. The molecule has 96 valence electrons. The molecule has 1 aliphatic carbocycles. The van der Waals surface area contributed by atoms with Crippen molar-refractivity contribution >= 4 is 0 Å². The van der Waals surface area contributed by atoms with Crippen molar-refractivity contribution in [3.63, 3.8) is 0 Å². The number of hydrogen-bond acceptors (Lipinski definition) is 1. The van der Waals surface area contributed by atoms with Crippen LogP contribution in [-0.4, -0.2) is 12.1 Å². The largest absolute Gasteiger partial charge is 0.311 e. The quantitative estimate of drug-likeness (QED) is 0.738. The van der Waals surface area contributed by atoms with Crippen LogP contribution >= 0.6 is 0 Å². The van der Waals surface area contributed by atoms with Crippen molar-refractivity contribution in [2.24, 2.45) is 17.8 Å². The molecule has 0 radical (unpaired) electrons. The van der Waals surface area contributed by atoms with Crippen molar-refractivity contribution in [2.75, 3.05) is 0 Å². The van der Waals surface area contributed by atoms with Gasteiger partial charge in [-0.25, -0.2) is 0 Å². The molecule has 1 aliphatic rings. The van der Waals surface area contributed by atoms with Crippen LogP contribution in [0.2, 0.25) is 0 Å². The summed E-state index contributed by atoms with van der Waals surface area (Å²) in [4.78, 5) is 0. The SMILES string of the molecule is CCCC(C)NC1CC(C(C)C)CCC1C. The van der Waals surface area contributed by atoms with Gasteiger partial charge in [0.25, 0.3) is 0 Å². The van der Waals surface area contributed by atoms with Gasteiger partial charge in [0.2, 0.25) is 0 Å². The van der Waals surface area contributed by atoms with Gasteiger partial charge < -0.3 is 5.32 Å². The second-order valence-electron chi connectivity index (χ2n) is 6.26. The minimum atomic E-state index is 0.698. The Balaban J connectivity index is 2.43. The van der Waals surface area contributed by atoms with Crippen molar-refractivity contribution in [1.82, 2.24) is 5.32 Å². The lowest BCUT2D eigenvalue weighted by Gasteiger charge is -2.38. The highest BCUT2D eigenvalue weighted by Gasteiger charge is 2.29. The van der Waals surface area contributed by atoms with E-state index in [1.165, 1.54) is 32.1 Å². The van der Waals surface area contributed by atoms with E-state index in [9.17, 15) is 0 Å². The van der Waals surface area contributed by atoms with Crippen molar-refractivity contribution in [3.8, 4) is 0 Å². The normalized spacial score (nSPS) is 33.0. The lowest BCUT2D eigenvalue weighted by atomic mass is 9.74. The molecule has 4 atom stereocenters. The zero-order valence-corrected chi connectivity index (χ0v) is 11.9. The molecule has 1 nitrogen and oxygen atoms in total. The van der Waals surface area contributed by atoms with E-state index in [0.29, 0.717) is 6.04 Å². The molecule has 16 heavy (non-hydrogen) atoms.